The van der Waals surface area contributed by atoms with Crippen molar-refractivity contribution in [1.29, 1.82) is 0 Å². The second kappa shape index (κ2) is 2.19. The van der Waals surface area contributed by atoms with Crippen LogP contribution >= 0.6 is 0 Å². The molecule has 0 unspecified atom stereocenters. The molecular weight excluding hydrogens is 341 g/mol. The molecule has 0 heterocycles. The van der Waals surface area contributed by atoms with Gasteiger partial charge in [0.15, 0.2) is 0 Å². The summed E-state index contributed by atoms with van der Waals surface area (Å²) in [6.45, 7) is 0. The predicted octanol–water partition coefficient (Wildman–Crippen LogP) is -0.918. The Morgan fingerprint density at radius 1 is 1.50 bits per heavy atom. The quantitative estimate of drug-likeness (QED) is 0.626. The van der Waals surface area contributed by atoms with Crippen molar-refractivity contribution >= 4 is 0 Å². The van der Waals surface area contributed by atoms with Crippen LogP contribution in [-0.4, -0.2) is 3.76 Å². The first kappa shape index (κ1) is 6.79. The Balaban J connectivity index is 4.25. The molecule has 0 aromatic heterocycles. The van der Waals surface area contributed by atoms with E-state index in [1.54, 1.807) is 0 Å². The third kappa shape index (κ3) is 4.79. The van der Waals surface area contributed by atoms with Crippen molar-refractivity contribution in [3.63, 3.8) is 0 Å². The van der Waals surface area contributed by atoms with Crippen molar-refractivity contribution in [1.82, 2.24) is 0 Å². The summed E-state index contributed by atoms with van der Waals surface area (Å²) in [5.41, 5.74) is 0. The summed E-state index contributed by atoms with van der Waals surface area (Å²) in [7, 11) is 0. The molecule has 0 fully saturated rings. The zero-order valence-electron chi connectivity index (χ0n) is 2.53. The van der Waals surface area contributed by atoms with Gasteiger partial charge < -0.3 is 0 Å². The number of hydrogen-bond acceptors (Lipinski definition) is 3. The maximum atomic E-state index is 9.43. The van der Waals surface area contributed by atoms with Gasteiger partial charge in [-0.05, 0) is 0 Å². The molecule has 0 aromatic rings. The van der Waals surface area contributed by atoms with Gasteiger partial charge in [0, 0.05) is 0 Å². The Labute approximate surface area is 43.5 Å². The van der Waals surface area contributed by atoms with E-state index in [2.05, 4.69) is 0 Å². The van der Waals surface area contributed by atoms with E-state index in [0.29, 0.717) is 0 Å². The van der Waals surface area contributed by atoms with Crippen LogP contribution in [0.1, 0.15) is 0 Å². The van der Waals surface area contributed by atoms with Crippen LogP contribution in [0, 0.1) is 0 Å². The summed E-state index contributed by atoms with van der Waals surface area (Å²) >= 11 is -7.55. The second-order valence-electron chi connectivity index (χ2n) is 0.522. The van der Waals surface area contributed by atoms with Gasteiger partial charge in [0.25, 0.3) is 0 Å². The van der Waals surface area contributed by atoms with E-state index in [-0.39, 0.29) is 0 Å². The van der Waals surface area contributed by atoms with Crippen LogP contribution in [0.25, 0.3) is 0 Å². The SMILES string of the molecule is [O]=[Nb][W](=[O])(=[O])[OH]. The predicted molar refractivity (Wildman–Crippen MR) is 4.28 cm³/mol. The average Bonchev–Trinajstić information content (AvgIpc) is 1.35. The van der Waals surface area contributed by atoms with Crippen molar-refractivity contribution in [3.8, 4) is 0 Å². The fraction of sp³-hybridized carbons (Fsp3) is 0. The standard InChI is InChI=1S/Nb.H2O.3O.W/h;1H2;;;;/q;;;;;+1/p-1. The first-order valence-electron chi connectivity index (χ1n) is 0.881. The van der Waals surface area contributed by atoms with E-state index in [1.807, 2.05) is 0 Å². The van der Waals surface area contributed by atoms with Crippen LogP contribution in [0.2, 0.25) is 0 Å². The molecule has 0 radical (unpaired) electrons. The Bertz CT molecular complexity index is 118. The second-order valence-corrected chi connectivity index (χ2v) is 16.6. The molecule has 0 atom stereocenters. The van der Waals surface area contributed by atoms with Crippen LogP contribution in [0.5, 0.6) is 0 Å². The van der Waals surface area contributed by atoms with Gasteiger partial charge >= 0.3 is 43.5 Å². The molecule has 0 saturated heterocycles. The molecule has 0 rings (SSSR count). The van der Waals surface area contributed by atoms with Crippen LogP contribution in [0.4, 0.5) is 0 Å². The van der Waals surface area contributed by atoms with Crippen LogP contribution in [0.15, 0.2) is 0 Å². The molecule has 0 saturated carbocycles. The Kier molecular flexibility index (Phi) is 2.48. The summed E-state index contributed by atoms with van der Waals surface area (Å²) in [6, 6.07) is 0. The van der Waals surface area contributed by atoms with E-state index in [1.165, 1.54) is 0 Å². The van der Waals surface area contributed by atoms with Crippen molar-refractivity contribution in [2.45, 2.75) is 0 Å². The van der Waals surface area contributed by atoms with Gasteiger partial charge in [-0.1, -0.05) is 0 Å². The van der Waals surface area contributed by atoms with Gasteiger partial charge in [-0.25, -0.2) is 0 Å². The fourth-order valence-electron chi connectivity index (χ4n) is 0. The molecule has 0 aliphatic carbocycles. The molecule has 0 spiro atoms. The van der Waals surface area contributed by atoms with Gasteiger partial charge in [-0.2, -0.15) is 0 Å². The molecule has 1 N–H and O–H groups in total. The summed E-state index contributed by atoms with van der Waals surface area (Å²) < 4.78 is 35.9. The van der Waals surface area contributed by atoms with Crippen LogP contribution < -0.4 is 0 Å². The minimum absolute atomic E-state index is 2.43. The summed E-state index contributed by atoms with van der Waals surface area (Å²) in [6.07, 6.45) is 0. The van der Waals surface area contributed by atoms with Crippen molar-refractivity contribution in [2.24, 2.45) is 0 Å². The van der Waals surface area contributed by atoms with E-state index in [4.69, 9.17) is 3.76 Å². The van der Waals surface area contributed by atoms with Crippen molar-refractivity contribution in [2.75, 3.05) is 0 Å². The molecule has 0 aliphatic heterocycles. The summed E-state index contributed by atoms with van der Waals surface area (Å²) in [4.78, 5) is 0. The normalized spacial score (nSPS) is 10.8. The molecule has 4 nitrogen and oxygen atoms in total. The maximum absolute atomic E-state index is 9.43. The molecule has 0 amide bonds. The Morgan fingerprint density at radius 2 is 1.67 bits per heavy atom. The molecule has 36 valence electrons. The molecule has 6 heavy (non-hydrogen) atoms. The van der Waals surface area contributed by atoms with Gasteiger partial charge in [0.05, 0.1) is 0 Å². The van der Waals surface area contributed by atoms with Gasteiger partial charge in [0.2, 0.25) is 0 Å². The minimum atomic E-state index is -5.12. The van der Waals surface area contributed by atoms with E-state index >= 15 is 0 Å². The fourth-order valence-corrected chi connectivity index (χ4v) is 0. The first-order chi connectivity index (χ1) is 2.56. The monoisotopic (exact) mass is 342 g/mol. The molecule has 0 aliphatic rings. The zero-order chi connectivity index (χ0) is 5.21. The van der Waals surface area contributed by atoms with E-state index < -0.39 is 29.7 Å². The van der Waals surface area contributed by atoms with Gasteiger partial charge in [-0.3, -0.25) is 0 Å². The average molecular weight is 342 g/mol. The molecule has 0 aromatic carbocycles. The van der Waals surface area contributed by atoms with Crippen LogP contribution in [-0.2, 0) is 39.7 Å². The Hall–Kier alpha value is 0.789. The van der Waals surface area contributed by atoms with Crippen LogP contribution in [0.3, 0.4) is 0 Å². The molecular formula is HNbO4W. The van der Waals surface area contributed by atoms with Crippen molar-refractivity contribution < 1.29 is 43.5 Å². The van der Waals surface area contributed by atoms with Crippen molar-refractivity contribution in [3.05, 3.63) is 0 Å². The first-order valence-corrected chi connectivity index (χ1v) is 14.1. The summed E-state index contributed by atoms with van der Waals surface area (Å²) in [5, 5.41) is 0. The van der Waals surface area contributed by atoms with Gasteiger partial charge in [0.1, 0.15) is 0 Å². The topological polar surface area (TPSA) is 71.4 Å². The number of hydrogen-bond donors (Lipinski definition) is 1. The third-order valence-electron chi connectivity index (χ3n) is 0.0942. The molecule has 6 heteroatoms. The molecule has 0 bridgehead atoms. The number of rotatable bonds is 1. The van der Waals surface area contributed by atoms with Gasteiger partial charge in [-0.15, -0.1) is 0 Å². The zero-order valence-corrected chi connectivity index (χ0v) is 7.66. The van der Waals surface area contributed by atoms with E-state index in [0.717, 1.165) is 0 Å². The summed E-state index contributed by atoms with van der Waals surface area (Å²) in [5.74, 6) is 0. The Morgan fingerprint density at radius 3 is 1.67 bits per heavy atom. The van der Waals surface area contributed by atoms with E-state index in [9.17, 15) is 10.0 Å². The third-order valence-corrected chi connectivity index (χ3v) is 4.56.